The molecule has 12 heavy (non-hydrogen) atoms. The van der Waals surface area contributed by atoms with Gasteiger partial charge in [0.2, 0.25) is 0 Å². The van der Waals surface area contributed by atoms with E-state index in [9.17, 15) is 0 Å². The van der Waals surface area contributed by atoms with Gasteiger partial charge in [-0.25, -0.2) is 0 Å². The fraction of sp³-hybridized carbons (Fsp3) is 1.00. The highest BCUT2D eigenvalue weighted by molar-refractivity contribution is 7.99. The molecule has 1 unspecified atom stereocenters. The second-order valence-corrected chi connectivity index (χ2v) is 4.15. The van der Waals surface area contributed by atoms with Gasteiger partial charge < -0.3 is 15.5 Å². The molecule has 0 rings (SSSR count). The molecule has 0 saturated heterocycles. The Bertz CT molecular complexity index is 91.1. The summed E-state index contributed by atoms with van der Waals surface area (Å²) in [6, 6.07) is 0. The fourth-order valence-electron chi connectivity index (χ4n) is 0.756. The van der Waals surface area contributed by atoms with Crippen molar-refractivity contribution in [3.05, 3.63) is 0 Å². The molecule has 0 bridgehead atoms. The molecule has 0 aromatic rings. The van der Waals surface area contributed by atoms with Crippen molar-refractivity contribution in [1.29, 1.82) is 0 Å². The molecule has 0 aliphatic rings. The molecule has 0 aromatic carbocycles. The maximum atomic E-state index is 8.96. The number of thioether (sulfide) groups is 1. The predicted octanol–water partition coefficient (Wildman–Crippen LogP) is 0.0708. The van der Waals surface area contributed by atoms with E-state index in [4.69, 9.17) is 10.2 Å². The van der Waals surface area contributed by atoms with Crippen LogP contribution in [0.5, 0.6) is 0 Å². The third-order valence-corrected chi connectivity index (χ3v) is 2.76. The molecule has 2 atom stereocenters. The van der Waals surface area contributed by atoms with Crippen LogP contribution in [0.15, 0.2) is 0 Å². The molecule has 4 heteroatoms. The summed E-state index contributed by atoms with van der Waals surface area (Å²) in [5.74, 6) is 0. The molecule has 0 spiro atoms. The summed E-state index contributed by atoms with van der Waals surface area (Å²) in [5.41, 5.74) is 0. The highest BCUT2D eigenvalue weighted by Gasteiger charge is 2.01. The third-order valence-electron chi connectivity index (χ3n) is 1.72. The number of nitrogens with one attached hydrogen (secondary N) is 1. The van der Waals surface area contributed by atoms with Gasteiger partial charge in [0.1, 0.15) is 0 Å². The van der Waals surface area contributed by atoms with Crippen LogP contribution >= 0.6 is 11.8 Å². The van der Waals surface area contributed by atoms with Crippen LogP contribution in [-0.2, 0) is 0 Å². The summed E-state index contributed by atoms with van der Waals surface area (Å²) in [4.78, 5) is 0. The lowest BCUT2D eigenvalue weighted by atomic mass is 10.3. The Labute approximate surface area is 78.6 Å². The molecular weight excluding hydrogens is 174 g/mol. The summed E-state index contributed by atoms with van der Waals surface area (Å²) in [5, 5.41) is 21.2. The monoisotopic (exact) mass is 193 g/mol. The van der Waals surface area contributed by atoms with Gasteiger partial charge in [-0.05, 0) is 19.2 Å². The lowest BCUT2D eigenvalue weighted by Gasteiger charge is -2.11. The first-order valence-corrected chi connectivity index (χ1v) is 5.52. The van der Waals surface area contributed by atoms with Gasteiger partial charge >= 0.3 is 0 Å². The maximum Gasteiger partial charge on any atom is 0.0894 e. The average Bonchev–Trinajstić information content (AvgIpc) is 2.11. The van der Waals surface area contributed by atoms with Crippen molar-refractivity contribution in [2.24, 2.45) is 0 Å². The molecule has 0 saturated carbocycles. The minimum Gasteiger partial charge on any atom is -0.394 e. The zero-order valence-electron chi connectivity index (χ0n) is 7.79. The Morgan fingerprint density at radius 3 is 2.67 bits per heavy atom. The summed E-state index contributed by atoms with van der Waals surface area (Å²) < 4.78 is 0. The molecule has 74 valence electrons. The van der Waals surface area contributed by atoms with Gasteiger partial charge in [-0.2, -0.15) is 11.8 Å². The standard InChI is InChI=1S/C8H19NO2S/c1-7(12-2)3-4-9-5-8(11)6-10/h7-11H,3-6H2,1-2H3/t7?,8-/m0/s1. The first-order valence-electron chi connectivity index (χ1n) is 4.23. The van der Waals surface area contributed by atoms with Crippen molar-refractivity contribution >= 4 is 11.8 Å². The molecular formula is C8H19NO2S. The molecule has 0 aromatic heterocycles. The summed E-state index contributed by atoms with van der Waals surface area (Å²) in [7, 11) is 0. The number of hydrogen-bond acceptors (Lipinski definition) is 4. The van der Waals surface area contributed by atoms with Crippen molar-refractivity contribution in [2.75, 3.05) is 26.0 Å². The van der Waals surface area contributed by atoms with Crippen LogP contribution in [0.1, 0.15) is 13.3 Å². The van der Waals surface area contributed by atoms with E-state index < -0.39 is 6.10 Å². The zero-order chi connectivity index (χ0) is 9.40. The fourth-order valence-corrected chi connectivity index (χ4v) is 1.11. The van der Waals surface area contributed by atoms with Crippen molar-refractivity contribution in [1.82, 2.24) is 5.32 Å². The van der Waals surface area contributed by atoms with E-state index in [2.05, 4.69) is 18.5 Å². The van der Waals surface area contributed by atoms with Gasteiger partial charge in [0.15, 0.2) is 0 Å². The van der Waals surface area contributed by atoms with Gasteiger partial charge in [0.05, 0.1) is 12.7 Å². The molecule has 3 N–H and O–H groups in total. The van der Waals surface area contributed by atoms with Gasteiger partial charge in [-0.3, -0.25) is 0 Å². The maximum absolute atomic E-state index is 8.96. The Hall–Kier alpha value is 0.230. The molecule has 0 heterocycles. The normalized spacial score (nSPS) is 16.0. The number of aliphatic hydroxyl groups excluding tert-OH is 2. The lowest BCUT2D eigenvalue weighted by molar-refractivity contribution is 0.0946. The molecule has 0 aliphatic heterocycles. The van der Waals surface area contributed by atoms with Crippen LogP contribution in [0.25, 0.3) is 0 Å². The summed E-state index contributed by atoms with van der Waals surface area (Å²) in [6.45, 7) is 3.40. The van der Waals surface area contributed by atoms with Crippen LogP contribution in [0.4, 0.5) is 0 Å². The molecule has 0 fully saturated rings. The molecule has 3 nitrogen and oxygen atoms in total. The molecule has 0 amide bonds. The van der Waals surface area contributed by atoms with Gasteiger partial charge in [0.25, 0.3) is 0 Å². The van der Waals surface area contributed by atoms with Crippen molar-refractivity contribution in [2.45, 2.75) is 24.7 Å². The van der Waals surface area contributed by atoms with E-state index in [1.807, 2.05) is 11.8 Å². The third kappa shape index (κ3) is 6.91. The van der Waals surface area contributed by atoms with Crippen LogP contribution in [0.2, 0.25) is 0 Å². The van der Waals surface area contributed by atoms with Crippen molar-refractivity contribution in [3.63, 3.8) is 0 Å². The number of aliphatic hydroxyl groups is 2. The largest absolute Gasteiger partial charge is 0.394 e. The van der Waals surface area contributed by atoms with Crippen LogP contribution in [0.3, 0.4) is 0 Å². The van der Waals surface area contributed by atoms with Crippen LogP contribution in [-0.4, -0.2) is 47.5 Å². The quantitative estimate of drug-likeness (QED) is 0.501. The van der Waals surface area contributed by atoms with E-state index in [1.165, 1.54) is 0 Å². The molecule has 0 aliphatic carbocycles. The minimum absolute atomic E-state index is 0.162. The van der Waals surface area contributed by atoms with E-state index in [1.54, 1.807) is 0 Å². The number of hydrogen-bond donors (Lipinski definition) is 3. The van der Waals surface area contributed by atoms with E-state index in [0.717, 1.165) is 13.0 Å². The Kier molecular flexibility index (Phi) is 8.01. The second-order valence-electron chi connectivity index (χ2n) is 2.88. The van der Waals surface area contributed by atoms with Gasteiger partial charge in [-0.15, -0.1) is 0 Å². The first-order chi connectivity index (χ1) is 5.70. The van der Waals surface area contributed by atoms with E-state index in [0.29, 0.717) is 11.8 Å². The van der Waals surface area contributed by atoms with Gasteiger partial charge in [0, 0.05) is 11.8 Å². The summed E-state index contributed by atoms with van der Waals surface area (Å²) >= 11 is 1.84. The lowest BCUT2D eigenvalue weighted by Crippen LogP contribution is -2.30. The first kappa shape index (κ1) is 12.2. The molecule has 0 radical (unpaired) electrons. The number of rotatable bonds is 7. The van der Waals surface area contributed by atoms with Crippen LogP contribution < -0.4 is 5.32 Å². The smallest absolute Gasteiger partial charge is 0.0894 e. The SMILES string of the molecule is CSC(C)CCNC[C@H](O)CO. The van der Waals surface area contributed by atoms with E-state index in [-0.39, 0.29) is 6.61 Å². The Morgan fingerprint density at radius 1 is 1.50 bits per heavy atom. The van der Waals surface area contributed by atoms with Gasteiger partial charge in [-0.1, -0.05) is 6.92 Å². The zero-order valence-corrected chi connectivity index (χ0v) is 8.60. The predicted molar refractivity (Wildman–Crippen MR) is 53.6 cm³/mol. The highest BCUT2D eigenvalue weighted by atomic mass is 32.2. The van der Waals surface area contributed by atoms with Crippen molar-refractivity contribution < 1.29 is 10.2 Å². The van der Waals surface area contributed by atoms with Crippen molar-refractivity contribution in [3.8, 4) is 0 Å². The average molecular weight is 193 g/mol. The Balaban J connectivity index is 3.10. The Morgan fingerprint density at radius 2 is 2.17 bits per heavy atom. The van der Waals surface area contributed by atoms with E-state index >= 15 is 0 Å². The van der Waals surface area contributed by atoms with Crippen LogP contribution in [0, 0.1) is 0 Å². The summed E-state index contributed by atoms with van der Waals surface area (Å²) in [6.07, 6.45) is 2.57. The highest BCUT2D eigenvalue weighted by Crippen LogP contribution is 2.07. The topological polar surface area (TPSA) is 52.5 Å². The second kappa shape index (κ2) is 7.86. The minimum atomic E-state index is -0.616.